The molecular formula is C24H23FN2O3. The van der Waals surface area contributed by atoms with E-state index in [0.717, 1.165) is 24.0 Å². The van der Waals surface area contributed by atoms with Crippen LogP contribution in [0.1, 0.15) is 53.4 Å². The van der Waals surface area contributed by atoms with Crippen LogP contribution in [0, 0.1) is 5.82 Å². The number of aromatic nitrogens is 1. The van der Waals surface area contributed by atoms with Crippen molar-refractivity contribution in [3.63, 3.8) is 0 Å². The van der Waals surface area contributed by atoms with Crippen LogP contribution in [0.4, 0.5) is 4.39 Å². The lowest BCUT2D eigenvalue weighted by molar-refractivity contribution is 0.0343. The summed E-state index contributed by atoms with van der Waals surface area (Å²) in [7, 11) is 0. The third-order valence-corrected chi connectivity index (χ3v) is 5.93. The Balaban J connectivity index is 1.49. The van der Waals surface area contributed by atoms with E-state index >= 15 is 0 Å². The van der Waals surface area contributed by atoms with E-state index in [1.54, 1.807) is 12.1 Å². The maximum absolute atomic E-state index is 13.5. The molecule has 2 fully saturated rings. The maximum Gasteiger partial charge on any atom is 0.274 e. The maximum atomic E-state index is 13.5. The number of benzene rings is 2. The number of hydrogen-bond acceptors (Lipinski definition) is 4. The average molecular weight is 406 g/mol. The number of hydrogen-bond donors (Lipinski definition) is 1. The standard InChI is InChI=1S/C24H23FN2O3/c25-19-10-8-18(9-11-19)24(12-14-29-15-13-24)27-22(28)20-21(16-6-7-16)30-23(26-20)17-4-2-1-3-5-17/h1-5,8-11,16H,6-7,12-15H2,(H,27,28). The second kappa shape index (κ2) is 7.69. The summed E-state index contributed by atoms with van der Waals surface area (Å²) < 4.78 is 25.1. The van der Waals surface area contributed by atoms with Gasteiger partial charge in [-0.05, 0) is 55.5 Å². The Kier molecular flexibility index (Phi) is 4.87. The Morgan fingerprint density at radius 3 is 2.40 bits per heavy atom. The zero-order valence-electron chi connectivity index (χ0n) is 16.6. The predicted molar refractivity (Wildman–Crippen MR) is 110 cm³/mol. The van der Waals surface area contributed by atoms with Crippen molar-refractivity contribution in [3.05, 3.63) is 77.4 Å². The molecule has 3 aromatic rings. The van der Waals surface area contributed by atoms with Crippen molar-refractivity contribution < 1.29 is 18.3 Å². The van der Waals surface area contributed by atoms with Gasteiger partial charge in [-0.15, -0.1) is 0 Å². The van der Waals surface area contributed by atoms with Crippen LogP contribution in [-0.2, 0) is 10.3 Å². The first-order chi connectivity index (χ1) is 14.6. The number of nitrogens with one attached hydrogen (secondary N) is 1. The Bertz CT molecular complexity index is 1040. The fourth-order valence-corrected chi connectivity index (χ4v) is 4.07. The van der Waals surface area contributed by atoms with E-state index in [9.17, 15) is 9.18 Å². The van der Waals surface area contributed by atoms with Crippen LogP contribution in [-0.4, -0.2) is 24.1 Å². The number of ether oxygens (including phenoxy) is 1. The van der Waals surface area contributed by atoms with Gasteiger partial charge in [0.25, 0.3) is 5.91 Å². The van der Waals surface area contributed by atoms with Gasteiger partial charge >= 0.3 is 0 Å². The molecule has 6 heteroatoms. The fourth-order valence-electron chi connectivity index (χ4n) is 4.07. The number of rotatable bonds is 5. The molecule has 0 atom stereocenters. The molecule has 0 unspecified atom stereocenters. The number of oxazole rings is 1. The minimum atomic E-state index is -0.615. The SMILES string of the molecule is O=C(NC1(c2ccc(F)cc2)CCOCC1)c1nc(-c2ccccc2)oc1C1CC1. The van der Waals surface area contributed by atoms with Gasteiger partial charge in [-0.2, -0.15) is 0 Å². The van der Waals surface area contributed by atoms with Gasteiger partial charge in [0.1, 0.15) is 11.6 Å². The van der Waals surface area contributed by atoms with Gasteiger partial charge in [-0.3, -0.25) is 4.79 Å². The molecular weight excluding hydrogens is 383 g/mol. The highest BCUT2D eigenvalue weighted by Gasteiger charge is 2.39. The third kappa shape index (κ3) is 3.63. The summed E-state index contributed by atoms with van der Waals surface area (Å²) in [5.41, 5.74) is 1.46. The lowest BCUT2D eigenvalue weighted by Gasteiger charge is -2.38. The summed E-state index contributed by atoms with van der Waals surface area (Å²) in [5, 5.41) is 3.21. The summed E-state index contributed by atoms with van der Waals surface area (Å²) in [6.45, 7) is 1.06. The van der Waals surface area contributed by atoms with E-state index in [0.29, 0.717) is 43.4 Å². The summed E-state index contributed by atoms with van der Waals surface area (Å²) in [6.07, 6.45) is 3.24. The smallest absolute Gasteiger partial charge is 0.274 e. The molecule has 1 aliphatic heterocycles. The van der Waals surface area contributed by atoms with Gasteiger partial charge in [0, 0.05) is 24.7 Å². The molecule has 2 heterocycles. The van der Waals surface area contributed by atoms with Gasteiger partial charge in [0.05, 0.1) is 5.54 Å². The van der Waals surface area contributed by atoms with Gasteiger partial charge < -0.3 is 14.5 Å². The number of carbonyl (C=O) groups excluding carboxylic acids is 1. The molecule has 1 saturated heterocycles. The second-order valence-electron chi connectivity index (χ2n) is 8.03. The van der Waals surface area contributed by atoms with Gasteiger partial charge in [-0.25, -0.2) is 9.37 Å². The van der Waals surface area contributed by atoms with E-state index in [4.69, 9.17) is 9.15 Å². The first kappa shape index (κ1) is 19.0. The Labute approximate surface area is 174 Å². The van der Waals surface area contributed by atoms with Gasteiger partial charge in [0.15, 0.2) is 5.69 Å². The lowest BCUT2D eigenvalue weighted by atomic mass is 9.82. The Hall–Kier alpha value is -2.99. The van der Waals surface area contributed by atoms with Crippen LogP contribution in [0.2, 0.25) is 0 Å². The van der Waals surface area contributed by atoms with Gasteiger partial charge in [-0.1, -0.05) is 30.3 Å². The minimum absolute atomic E-state index is 0.243. The van der Waals surface area contributed by atoms with Crippen LogP contribution in [0.15, 0.2) is 59.0 Å². The first-order valence-corrected chi connectivity index (χ1v) is 10.4. The molecule has 5 nitrogen and oxygen atoms in total. The molecule has 2 aromatic carbocycles. The molecule has 0 radical (unpaired) electrons. The number of nitrogens with zero attached hydrogens (tertiary/aromatic N) is 1. The Morgan fingerprint density at radius 2 is 1.73 bits per heavy atom. The molecule has 5 rings (SSSR count). The van der Waals surface area contributed by atoms with Crippen molar-refractivity contribution in [1.29, 1.82) is 0 Å². The second-order valence-corrected chi connectivity index (χ2v) is 8.03. The average Bonchev–Trinajstić information content (AvgIpc) is 3.53. The van der Waals surface area contributed by atoms with Crippen LogP contribution in [0.3, 0.4) is 0 Å². The highest BCUT2D eigenvalue weighted by molar-refractivity contribution is 5.94. The molecule has 2 aliphatic rings. The quantitative estimate of drug-likeness (QED) is 0.661. The largest absolute Gasteiger partial charge is 0.440 e. The van der Waals surface area contributed by atoms with Crippen molar-refractivity contribution in [2.24, 2.45) is 0 Å². The lowest BCUT2D eigenvalue weighted by Crippen LogP contribution is -2.49. The number of carbonyl (C=O) groups is 1. The van der Waals surface area contributed by atoms with Crippen molar-refractivity contribution >= 4 is 5.91 Å². The highest BCUT2D eigenvalue weighted by atomic mass is 19.1. The normalized spacial score (nSPS) is 18.2. The van der Waals surface area contributed by atoms with Crippen molar-refractivity contribution in [2.75, 3.05) is 13.2 Å². The van der Waals surface area contributed by atoms with E-state index < -0.39 is 5.54 Å². The fraction of sp³-hybridized carbons (Fsp3) is 0.333. The van der Waals surface area contributed by atoms with Crippen LogP contribution < -0.4 is 5.32 Å². The summed E-state index contributed by atoms with van der Waals surface area (Å²) in [5.74, 6) is 0.812. The van der Waals surface area contributed by atoms with E-state index in [1.807, 2.05) is 30.3 Å². The van der Waals surface area contributed by atoms with Crippen molar-refractivity contribution in [2.45, 2.75) is 37.1 Å². The predicted octanol–water partition coefficient (Wildman–Crippen LogP) is 4.79. The molecule has 154 valence electrons. The van der Waals surface area contributed by atoms with Crippen molar-refractivity contribution in [1.82, 2.24) is 10.3 Å². The van der Waals surface area contributed by atoms with Crippen LogP contribution >= 0.6 is 0 Å². The monoisotopic (exact) mass is 406 g/mol. The summed E-state index contributed by atoms with van der Waals surface area (Å²) in [6, 6.07) is 15.9. The van der Waals surface area contributed by atoms with Gasteiger partial charge in [0.2, 0.25) is 5.89 Å². The van der Waals surface area contributed by atoms with E-state index in [2.05, 4.69) is 10.3 Å². The highest BCUT2D eigenvalue weighted by Crippen LogP contribution is 2.43. The zero-order valence-corrected chi connectivity index (χ0v) is 16.6. The molecule has 0 bridgehead atoms. The van der Waals surface area contributed by atoms with Crippen LogP contribution in [0.5, 0.6) is 0 Å². The minimum Gasteiger partial charge on any atom is -0.440 e. The summed E-state index contributed by atoms with van der Waals surface area (Å²) in [4.78, 5) is 18.0. The molecule has 1 aromatic heterocycles. The van der Waals surface area contributed by atoms with E-state index in [1.165, 1.54) is 12.1 Å². The zero-order chi connectivity index (χ0) is 20.6. The molecule has 0 spiro atoms. The molecule has 30 heavy (non-hydrogen) atoms. The Morgan fingerprint density at radius 1 is 1.03 bits per heavy atom. The molecule has 1 aliphatic carbocycles. The molecule has 1 N–H and O–H groups in total. The number of amides is 1. The third-order valence-electron chi connectivity index (χ3n) is 5.93. The van der Waals surface area contributed by atoms with E-state index in [-0.39, 0.29) is 17.6 Å². The first-order valence-electron chi connectivity index (χ1n) is 10.4. The van der Waals surface area contributed by atoms with Crippen LogP contribution in [0.25, 0.3) is 11.5 Å². The summed E-state index contributed by atoms with van der Waals surface area (Å²) >= 11 is 0. The molecule has 1 saturated carbocycles. The topological polar surface area (TPSA) is 64.4 Å². The van der Waals surface area contributed by atoms with Crippen molar-refractivity contribution in [3.8, 4) is 11.5 Å². The molecule has 1 amide bonds. The number of halogens is 1.